The van der Waals surface area contributed by atoms with E-state index < -0.39 is 0 Å². The molecule has 94 valence electrons. The highest BCUT2D eigenvalue weighted by atomic mass is 79.9. The molecule has 0 fully saturated rings. The fraction of sp³-hybridized carbons (Fsp3) is 0.538. The number of hydrogen-bond acceptors (Lipinski definition) is 3. The van der Waals surface area contributed by atoms with Crippen molar-refractivity contribution >= 4 is 27.7 Å². The molecule has 2 rings (SSSR count). The Balaban J connectivity index is 2.04. The lowest BCUT2D eigenvalue weighted by atomic mass is 9.95. The van der Waals surface area contributed by atoms with E-state index in [0.29, 0.717) is 0 Å². The van der Waals surface area contributed by atoms with Gasteiger partial charge in [-0.25, -0.2) is 0 Å². The van der Waals surface area contributed by atoms with Gasteiger partial charge < -0.3 is 10.5 Å². The van der Waals surface area contributed by atoms with E-state index >= 15 is 0 Å². The molecule has 17 heavy (non-hydrogen) atoms. The maximum Gasteiger partial charge on any atom is 0.125 e. The second-order valence-electron chi connectivity index (χ2n) is 4.40. The van der Waals surface area contributed by atoms with Crippen LogP contribution in [0.15, 0.2) is 22.7 Å². The van der Waals surface area contributed by atoms with Crippen LogP contribution in [0.5, 0.6) is 5.75 Å². The highest BCUT2D eigenvalue weighted by Crippen LogP contribution is 2.36. The molecule has 0 saturated heterocycles. The molecule has 2 nitrogen and oxygen atoms in total. The Kier molecular flexibility index (Phi) is 4.77. The zero-order chi connectivity index (χ0) is 12.3. The number of halogens is 1. The summed E-state index contributed by atoms with van der Waals surface area (Å²) in [7, 11) is 0. The van der Waals surface area contributed by atoms with Crippen molar-refractivity contribution < 1.29 is 4.74 Å². The molecule has 1 aromatic rings. The summed E-state index contributed by atoms with van der Waals surface area (Å²) in [6, 6.07) is 6.22. The number of fused-ring (bicyclic) bond motifs is 1. The van der Waals surface area contributed by atoms with Crippen molar-refractivity contribution in [3.8, 4) is 5.75 Å². The van der Waals surface area contributed by atoms with Crippen molar-refractivity contribution in [3.05, 3.63) is 28.2 Å². The van der Waals surface area contributed by atoms with Gasteiger partial charge in [-0.15, -0.1) is 0 Å². The topological polar surface area (TPSA) is 35.2 Å². The third kappa shape index (κ3) is 3.39. The molecule has 0 radical (unpaired) electrons. The Labute approximate surface area is 115 Å². The predicted octanol–water partition coefficient (Wildman–Crippen LogP) is 3.74. The molecular weight excluding hydrogens is 298 g/mol. The number of benzene rings is 1. The summed E-state index contributed by atoms with van der Waals surface area (Å²) in [5.74, 6) is 2.15. The third-order valence-corrected chi connectivity index (χ3v) is 4.25. The number of hydrogen-bond donors (Lipinski definition) is 1. The van der Waals surface area contributed by atoms with Crippen molar-refractivity contribution in [2.24, 2.45) is 5.73 Å². The Morgan fingerprint density at radius 3 is 3.12 bits per heavy atom. The first-order valence-electron chi connectivity index (χ1n) is 5.91. The predicted molar refractivity (Wildman–Crippen MR) is 77.7 cm³/mol. The van der Waals surface area contributed by atoms with Crippen molar-refractivity contribution in [2.75, 3.05) is 12.0 Å². The quantitative estimate of drug-likeness (QED) is 0.860. The molecule has 0 saturated carbocycles. The molecule has 2 atom stereocenters. The first-order valence-corrected chi connectivity index (χ1v) is 8.10. The lowest BCUT2D eigenvalue weighted by Crippen LogP contribution is -2.29. The lowest BCUT2D eigenvalue weighted by molar-refractivity contribution is 0.149. The Morgan fingerprint density at radius 2 is 2.35 bits per heavy atom. The van der Waals surface area contributed by atoms with Gasteiger partial charge in [0.05, 0.1) is 0 Å². The molecule has 1 aliphatic rings. The van der Waals surface area contributed by atoms with Crippen LogP contribution in [0.4, 0.5) is 0 Å². The van der Waals surface area contributed by atoms with Crippen LogP contribution in [0.3, 0.4) is 0 Å². The van der Waals surface area contributed by atoms with E-state index in [2.05, 4.69) is 28.3 Å². The van der Waals surface area contributed by atoms with Gasteiger partial charge in [-0.3, -0.25) is 0 Å². The van der Waals surface area contributed by atoms with Crippen LogP contribution < -0.4 is 10.5 Å². The second-order valence-corrected chi connectivity index (χ2v) is 6.30. The maximum atomic E-state index is 6.19. The van der Waals surface area contributed by atoms with E-state index in [-0.39, 0.29) is 12.1 Å². The van der Waals surface area contributed by atoms with Gasteiger partial charge in [0, 0.05) is 22.5 Å². The molecule has 1 heterocycles. The highest BCUT2D eigenvalue weighted by molar-refractivity contribution is 9.10. The van der Waals surface area contributed by atoms with E-state index in [1.165, 1.54) is 12.2 Å². The van der Waals surface area contributed by atoms with Gasteiger partial charge in [-0.05, 0) is 37.0 Å². The third-order valence-electron chi connectivity index (χ3n) is 3.06. The number of nitrogens with two attached hydrogens (primary N) is 1. The fourth-order valence-corrected chi connectivity index (χ4v) is 2.98. The summed E-state index contributed by atoms with van der Waals surface area (Å²) >= 11 is 5.35. The van der Waals surface area contributed by atoms with Gasteiger partial charge in [-0.1, -0.05) is 22.0 Å². The SMILES string of the molecule is CSCCCC1CC(N)c2ccc(Br)cc2O1. The minimum absolute atomic E-state index is 0.117. The van der Waals surface area contributed by atoms with Crippen molar-refractivity contribution in [1.82, 2.24) is 0 Å². The van der Waals surface area contributed by atoms with Gasteiger partial charge in [0.2, 0.25) is 0 Å². The van der Waals surface area contributed by atoms with Crippen molar-refractivity contribution in [2.45, 2.75) is 31.4 Å². The smallest absolute Gasteiger partial charge is 0.125 e. The normalized spacial score (nSPS) is 23.0. The van der Waals surface area contributed by atoms with Crippen LogP contribution in [0.1, 0.15) is 30.9 Å². The van der Waals surface area contributed by atoms with Gasteiger partial charge in [0.25, 0.3) is 0 Å². The summed E-state index contributed by atoms with van der Waals surface area (Å²) in [4.78, 5) is 0. The van der Waals surface area contributed by atoms with E-state index in [0.717, 1.165) is 28.6 Å². The van der Waals surface area contributed by atoms with Gasteiger partial charge >= 0.3 is 0 Å². The molecule has 1 aromatic carbocycles. The van der Waals surface area contributed by atoms with E-state index in [1.807, 2.05) is 23.9 Å². The van der Waals surface area contributed by atoms with Crippen LogP contribution in [-0.2, 0) is 0 Å². The summed E-state index contributed by atoms with van der Waals surface area (Å²) in [5, 5.41) is 0. The summed E-state index contributed by atoms with van der Waals surface area (Å²) in [6.45, 7) is 0. The minimum atomic E-state index is 0.117. The van der Waals surface area contributed by atoms with Crippen LogP contribution in [0.25, 0.3) is 0 Å². The molecule has 4 heteroatoms. The number of rotatable bonds is 4. The molecule has 2 unspecified atom stereocenters. The fourth-order valence-electron chi connectivity index (χ4n) is 2.19. The second kappa shape index (κ2) is 6.12. The molecule has 1 aliphatic heterocycles. The zero-order valence-electron chi connectivity index (χ0n) is 9.99. The van der Waals surface area contributed by atoms with Gasteiger partial charge in [-0.2, -0.15) is 11.8 Å². The summed E-state index contributed by atoms with van der Waals surface area (Å²) in [6.07, 6.45) is 5.64. The molecule has 0 aliphatic carbocycles. The van der Waals surface area contributed by atoms with Crippen molar-refractivity contribution in [3.63, 3.8) is 0 Å². The van der Waals surface area contributed by atoms with Crippen LogP contribution >= 0.6 is 27.7 Å². The lowest BCUT2D eigenvalue weighted by Gasteiger charge is -2.30. The Bertz CT molecular complexity index is 386. The molecule has 0 spiro atoms. The first-order chi connectivity index (χ1) is 8.20. The van der Waals surface area contributed by atoms with Crippen LogP contribution in [-0.4, -0.2) is 18.1 Å². The highest BCUT2D eigenvalue weighted by Gasteiger charge is 2.25. The maximum absolute atomic E-state index is 6.19. The van der Waals surface area contributed by atoms with Crippen LogP contribution in [0.2, 0.25) is 0 Å². The molecular formula is C13H18BrNOS. The molecule has 2 N–H and O–H groups in total. The first kappa shape index (κ1) is 13.2. The monoisotopic (exact) mass is 315 g/mol. The molecule has 0 amide bonds. The van der Waals surface area contributed by atoms with Crippen LogP contribution in [0, 0.1) is 0 Å². The average Bonchev–Trinajstić information content (AvgIpc) is 2.28. The summed E-state index contributed by atoms with van der Waals surface area (Å²) in [5.41, 5.74) is 7.32. The van der Waals surface area contributed by atoms with Crippen molar-refractivity contribution in [1.29, 1.82) is 0 Å². The average molecular weight is 316 g/mol. The van der Waals surface area contributed by atoms with E-state index in [9.17, 15) is 0 Å². The number of thioether (sulfide) groups is 1. The van der Waals surface area contributed by atoms with E-state index in [4.69, 9.17) is 10.5 Å². The summed E-state index contributed by atoms with van der Waals surface area (Å²) < 4.78 is 7.06. The molecule has 0 aromatic heterocycles. The Hall–Kier alpha value is -0.190. The zero-order valence-corrected chi connectivity index (χ0v) is 12.4. The number of ether oxygens (including phenoxy) is 1. The van der Waals surface area contributed by atoms with E-state index in [1.54, 1.807) is 0 Å². The standard InChI is InChI=1S/C13H18BrNOS/c1-17-6-2-3-10-8-12(15)11-5-4-9(14)7-13(11)16-10/h4-5,7,10,12H,2-3,6,8,15H2,1H3. The van der Waals surface area contributed by atoms with Gasteiger partial charge in [0.15, 0.2) is 0 Å². The largest absolute Gasteiger partial charge is 0.490 e. The van der Waals surface area contributed by atoms with Gasteiger partial charge in [0.1, 0.15) is 11.9 Å². The minimum Gasteiger partial charge on any atom is -0.490 e. The Morgan fingerprint density at radius 1 is 1.53 bits per heavy atom. The molecule has 0 bridgehead atoms.